The minimum absolute atomic E-state index is 0.0420. The summed E-state index contributed by atoms with van der Waals surface area (Å²) in [5.74, 6) is 1.21. The molecule has 2 heterocycles. The summed E-state index contributed by atoms with van der Waals surface area (Å²) < 4.78 is 1.72. The van der Waals surface area contributed by atoms with Gasteiger partial charge in [-0.25, -0.2) is 4.98 Å². The molecule has 0 saturated carbocycles. The molecule has 0 spiro atoms. The summed E-state index contributed by atoms with van der Waals surface area (Å²) in [6.45, 7) is 6.36. The van der Waals surface area contributed by atoms with E-state index < -0.39 is 0 Å². The van der Waals surface area contributed by atoms with Gasteiger partial charge in [0.15, 0.2) is 0 Å². The van der Waals surface area contributed by atoms with E-state index in [0.717, 1.165) is 24.2 Å². The van der Waals surface area contributed by atoms with E-state index in [0.29, 0.717) is 5.92 Å². The highest BCUT2D eigenvalue weighted by Gasteiger charge is 2.21. The van der Waals surface area contributed by atoms with E-state index in [1.165, 1.54) is 11.2 Å². The molecule has 2 rings (SSSR count). The Hall–Kier alpha value is -1.69. The van der Waals surface area contributed by atoms with Crippen LogP contribution >= 0.6 is 11.3 Å². The lowest BCUT2D eigenvalue weighted by Gasteiger charge is -2.19. The lowest BCUT2D eigenvalue weighted by atomic mass is 10.0. The maximum Gasteiger partial charge on any atom is 0.252 e. The average molecular weight is 306 g/mol. The minimum atomic E-state index is -0.116. The van der Waals surface area contributed by atoms with Crippen molar-refractivity contribution in [3.8, 4) is 0 Å². The van der Waals surface area contributed by atoms with Gasteiger partial charge in [-0.2, -0.15) is 5.10 Å². The maximum atomic E-state index is 12.4. The van der Waals surface area contributed by atoms with E-state index in [9.17, 15) is 4.79 Å². The molecule has 0 unspecified atom stereocenters. The number of thiophene rings is 1. The monoisotopic (exact) mass is 306 g/mol. The second-order valence-electron chi connectivity index (χ2n) is 5.55. The first-order valence-corrected chi connectivity index (χ1v) is 8.11. The molecule has 0 aliphatic heterocycles. The lowest BCUT2D eigenvalue weighted by molar-refractivity contribution is 0.0929. The Morgan fingerprint density at radius 3 is 2.76 bits per heavy atom. The number of nitrogens with zero attached hydrogens (tertiary/aromatic N) is 3. The second-order valence-corrected chi connectivity index (χ2v) is 6.55. The van der Waals surface area contributed by atoms with Crippen molar-refractivity contribution in [1.29, 1.82) is 0 Å². The number of amides is 1. The van der Waals surface area contributed by atoms with E-state index in [-0.39, 0.29) is 11.9 Å². The highest BCUT2D eigenvalue weighted by Crippen LogP contribution is 2.21. The molecule has 5 nitrogen and oxygen atoms in total. The first-order valence-electron chi connectivity index (χ1n) is 7.23. The summed E-state index contributed by atoms with van der Waals surface area (Å²) in [4.78, 5) is 17.9. The predicted molar refractivity (Wildman–Crippen MR) is 84.4 cm³/mol. The fraction of sp³-hybridized carbons (Fsp3) is 0.533. The standard InChI is InChI=1S/C15H22N4OS/c1-5-12-7-11(8-21-12)15(20)18-13(6-10(2)3)14-16-9-17-19(14)4/h7-10,13H,5-6H2,1-4H3,(H,18,20)/t13-/m1/s1. The summed E-state index contributed by atoms with van der Waals surface area (Å²) >= 11 is 1.63. The number of rotatable bonds is 6. The van der Waals surface area contributed by atoms with Crippen molar-refractivity contribution < 1.29 is 4.79 Å². The van der Waals surface area contributed by atoms with Gasteiger partial charge in [0.2, 0.25) is 0 Å². The largest absolute Gasteiger partial charge is 0.342 e. The molecule has 21 heavy (non-hydrogen) atoms. The number of carbonyl (C=O) groups excluding carboxylic acids is 1. The molecule has 114 valence electrons. The third kappa shape index (κ3) is 3.91. The van der Waals surface area contributed by atoms with Crippen molar-refractivity contribution in [2.75, 3.05) is 0 Å². The van der Waals surface area contributed by atoms with Crippen molar-refractivity contribution in [1.82, 2.24) is 20.1 Å². The fourth-order valence-electron chi connectivity index (χ4n) is 2.25. The van der Waals surface area contributed by atoms with E-state index in [4.69, 9.17) is 0 Å². The first kappa shape index (κ1) is 15.7. The van der Waals surface area contributed by atoms with Crippen LogP contribution in [-0.2, 0) is 13.5 Å². The summed E-state index contributed by atoms with van der Waals surface area (Å²) in [6, 6.07) is 1.85. The quantitative estimate of drug-likeness (QED) is 0.892. The Morgan fingerprint density at radius 2 is 2.24 bits per heavy atom. The molecule has 1 atom stereocenters. The van der Waals surface area contributed by atoms with Crippen LogP contribution in [0, 0.1) is 5.92 Å². The van der Waals surface area contributed by atoms with Crippen LogP contribution in [0.3, 0.4) is 0 Å². The third-order valence-corrected chi connectivity index (χ3v) is 4.42. The van der Waals surface area contributed by atoms with Gasteiger partial charge >= 0.3 is 0 Å². The Labute approximate surface area is 129 Å². The third-order valence-electron chi connectivity index (χ3n) is 3.33. The van der Waals surface area contributed by atoms with Crippen molar-refractivity contribution >= 4 is 17.2 Å². The Bertz CT molecular complexity index is 602. The molecule has 1 N–H and O–H groups in total. The number of hydrogen-bond donors (Lipinski definition) is 1. The molecule has 0 aliphatic rings. The van der Waals surface area contributed by atoms with Gasteiger partial charge < -0.3 is 5.32 Å². The van der Waals surface area contributed by atoms with E-state index >= 15 is 0 Å². The number of hydrogen-bond acceptors (Lipinski definition) is 4. The van der Waals surface area contributed by atoms with Gasteiger partial charge in [-0.05, 0) is 24.8 Å². The van der Waals surface area contributed by atoms with Crippen molar-refractivity contribution in [3.05, 3.63) is 34.0 Å². The molecule has 2 aromatic rings. The van der Waals surface area contributed by atoms with Crippen molar-refractivity contribution in [3.63, 3.8) is 0 Å². The lowest BCUT2D eigenvalue weighted by Crippen LogP contribution is -2.31. The normalized spacial score (nSPS) is 12.6. The molecule has 2 aromatic heterocycles. The molecular weight excluding hydrogens is 284 g/mol. The van der Waals surface area contributed by atoms with Crippen molar-refractivity contribution in [2.24, 2.45) is 13.0 Å². The number of nitrogens with one attached hydrogen (secondary N) is 1. The summed E-state index contributed by atoms with van der Waals surface area (Å²) in [5, 5.41) is 9.10. The van der Waals surface area contributed by atoms with Gasteiger partial charge in [-0.3, -0.25) is 9.48 Å². The van der Waals surface area contributed by atoms with Crippen LogP contribution < -0.4 is 5.32 Å². The molecule has 0 aliphatic carbocycles. The summed E-state index contributed by atoms with van der Waals surface area (Å²) in [6.07, 6.45) is 3.31. The molecule has 0 saturated heterocycles. The minimum Gasteiger partial charge on any atom is -0.342 e. The molecule has 1 amide bonds. The summed E-state index contributed by atoms with van der Waals surface area (Å²) in [5.41, 5.74) is 0.729. The topological polar surface area (TPSA) is 59.8 Å². The Kier molecular flexibility index (Phi) is 5.12. The van der Waals surface area contributed by atoms with Gasteiger partial charge in [-0.1, -0.05) is 20.8 Å². The Morgan fingerprint density at radius 1 is 1.48 bits per heavy atom. The zero-order valence-corrected chi connectivity index (χ0v) is 13.8. The predicted octanol–water partition coefficient (Wildman–Crippen LogP) is 2.96. The SMILES string of the molecule is CCc1cc(C(=O)N[C@H](CC(C)C)c2ncnn2C)cs1. The molecule has 0 fully saturated rings. The van der Waals surface area contributed by atoms with Crippen LogP contribution in [0.5, 0.6) is 0 Å². The van der Waals surface area contributed by atoms with Gasteiger partial charge in [0, 0.05) is 17.3 Å². The van der Waals surface area contributed by atoms with Gasteiger partial charge in [-0.15, -0.1) is 11.3 Å². The number of aromatic nitrogens is 3. The van der Waals surface area contributed by atoms with Crippen LogP contribution in [0.2, 0.25) is 0 Å². The molecule has 0 aromatic carbocycles. The smallest absolute Gasteiger partial charge is 0.252 e. The van der Waals surface area contributed by atoms with Gasteiger partial charge in [0.05, 0.1) is 11.6 Å². The zero-order chi connectivity index (χ0) is 15.4. The first-order chi connectivity index (χ1) is 10.0. The van der Waals surface area contributed by atoms with E-state index in [2.05, 4.69) is 36.2 Å². The average Bonchev–Trinajstić information content (AvgIpc) is 3.05. The van der Waals surface area contributed by atoms with Crippen LogP contribution in [0.25, 0.3) is 0 Å². The van der Waals surface area contributed by atoms with Crippen LogP contribution in [0.1, 0.15) is 54.3 Å². The fourth-order valence-corrected chi connectivity index (χ4v) is 3.06. The number of aryl methyl sites for hydroxylation is 2. The van der Waals surface area contributed by atoms with Crippen LogP contribution in [0.4, 0.5) is 0 Å². The molecule has 6 heteroatoms. The highest BCUT2D eigenvalue weighted by atomic mass is 32.1. The van der Waals surface area contributed by atoms with Gasteiger partial charge in [0.1, 0.15) is 12.2 Å². The zero-order valence-electron chi connectivity index (χ0n) is 13.0. The van der Waals surface area contributed by atoms with Gasteiger partial charge in [0.25, 0.3) is 5.91 Å². The van der Waals surface area contributed by atoms with E-state index in [1.54, 1.807) is 16.0 Å². The van der Waals surface area contributed by atoms with Crippen LogP contribution in [0.15, 0.2) is 17.8 Å². The molecular formula is C15H22N4OS. The molecule has 0 bridgehead atoms. The maximum absolute atomic E-state index is 12.4. The second kappa shape index (κ2) is 6.85. The van der Waals surface area contributed by atoms with Crippen molar-refractivity contribution in [2.45, 2.75) is 39.7 Å². The summed E-state index contributed by atoms with van der Waals surface area (Å²) in [7, 11) is 1.85. The molecule has 0 radical (unpaired) electrons. The Balaban J connectivity index is 2.15. The van der Waals surface area contributed by atoms with Crippen LogP contribution in [-0.4, -0.2) is 20.7 Å². The highest BCUT2D eigenvalue weighted by molar-refractivity contribution is 7.10. The van der Waals surface area contributed by atoms with E-state index in [1.807, 2.05) is 18.5 Å². The number of carbonyl (C=O) groups is 1.